The summed E-state index contributed by atoms with van der Waals surface area (Å²) in [6, 6.07) is 17.4. The van der Waals surface area contributed by atoms with Crippen molar-refractivity contribution >= 4 is 76.5 Å². The van der Waals surface area contributed by atoms with Crippen molar-refractivity contribution in [2.24, 2.45) is 0 Å². The first-order valence-electron chi connectivity index (χ1n) is 17.5. The fourth-order valence-electron chi connectivity index (χ4n) is 6.29. The van der Waals surface area contributed by atoms with Gasteiger partial charge in [-0.1, -0.05) is 39.8 Å². The number of fused-ring (bicyclic) bond motifs is 2. The van der Waals surface area contributed by atoms with E-state index in [2.05, 4.69) is 89.2 Å². The van der Waals surface area contributed by atoms with Crippen molar-refractivity contribution in [1.82, 2.24) is 20.2 Å². The molecule has 4 heterocycles. The summed E-state index contributed by atoms with van der Waals surface area (Å²) in [5, 5.41) is 5.90. The predicted molar refractivity (Wildman–Crippen MR) is 218 cm³/mol. The number of nitrogens with one attached hydrogen (secondary N) is 1. The molecule has 6 rings (SSSR count). The molecule has 2 fully saturated rings. The van der Waals surface area contributed by atoms with Crippen LogP contribution >= 0.6 is 37.2 Å². The average Bonchev–Trinajstić information content (AvgIpc) is 3.47. The number of aromatic nitrogens is 2. The second kappa shape index (κ2) is 19.5. The minimum atomic E-state index is -0.463. The SMILES string of the molecule is CC(C)c1cc(N2CCCN(C(=O)OC(C)(C)C)CC2)c2ncccc2c1.CC(C)c1cc(N2CCCNCC2)c2ncccc2c1.Cl.Cl.Cl. The highest BCUT2D eigenvalue weighted by molar-refractivity contribution is 5.92. The Bertz CT molecular complexity index is 1650. The zero-order chi connectivity index (χ0) is 33.6. The summed E-state index contributed by atoms with van der Waals surface area (Å²) < 4.78 is 5.55. The number of hydrogen-bond donors (Lipinski definition) is 1. The molecule has 1 N–H and O–H groups in total. The van der Waals surface area contributed by atoms with Crippen LogP contribution in [-0.2, 0) is 4.74 Å². The number of anilines is 2. The molecule has 11 heteroatoms. The van der Waals surface area contributed by atoms with Crippen LogP contribution in [0.4, 0.5) is 16.2 Å². The summed E-state index contributed by atoms with van der Waals surface area (Å²) in [4.78, 5) is 28.4. The molecule has 8 nitrogen and oxygen atoms in total. The Morgan fingerprint density at radius 3 is 1.74 bits per heavy atom. The van der Waals surface area contributed by atoms with E-state index in [9.17, 15) is 4.79 Å². The maximum absolute atomic E-state index is 12.4. The summed E-state index contributed by atoms with van der Waals surface area (Å²) in [5.74, 6) is 1.00. The van der Waals surface area contributed by atoms with Crippen molar-refractivity contribution in [2.45, 2.75) is 78.7 Å². The lowest BCUT2D eigenvalue weighted by Crippen LogP contribution is -2.39. The first-order valence-corrected chi connectivity index (χ1v) is 17.5. The molecule has 2 aromatic heterocycles. The Balaban J connectivity index is 0.000000339. The summed E-state index contributed by atoms with van der Waals surface area (Å²) in [6.45, 7) is 22.1. The number of rotatable bonds is 4. The van der Waals surface area contributed by atoms with Crippen molar-refractivity contribution in [3.63, 3.8) is 0 Å². The average molecular weight is 748 g/mol. The standard InChI is InChI=1S/C22H31N3O2.C17H23N3.3ClH/c1-16(2)18-14-17-8-6-9-23-20(17)19(15-18)24-10-7-11-25(13-12-24)21(26)27-22(3,4)5;1-13(2)15-11-14-5-3-7-19-17(14)16(12-15)20-9-4-6-18-8-10-20;;;/h6,8-9,14-16H,7,10-13H2,1-5H3;3,5,7,11-13,18H,4,6,8-10H2,1-2H3;3*1H. The molecule has 2 aromatic carbocycles. The van der Waals surface area contributed by atoms with Gasteiger partial charge in [0.1, 0.15) is 5.60 Å². The van der Waals surface area contributed by atoms with Gasteiger partial charge in [0.25, 0.3) is 0 Å². The third-order valence-electron chi connectivity index (χ3n) is 8.92. The number of pyridine rings is 2. The first-order chi connectivity index (χ1) is 22.5. The number of halogens is 3. The molecule has 1 amide bonds. The van der Waals surface area contributed by atoms with Gasteiger partial charge in [-0.15, -0.1) is 37.2 Å². The minimum Gasteiger partial charge on any atom is -0.444 e. The number of carbonyl (C=O) groups excluding carboxylic acids is 1. The predicted octanol–water partition coefficient (Wildman–Crippen LogP) is 9.23. The number of carbonyl (C=O) groups is 1. The largest absolute Gasteiger partial charge is 0.444 e. The van der Waals surface area contributed by atoms with E-state index in [1.54, 1.807) is 0 Å². The van der Waals surface area contributed by atoms with E-state index in [1.165, 1.54) is 39.7 Å². The normalized spacial score (nSPS) is 15.3. The molecule has 0 unspecified atom stereocenters. The van der Waals surface area contributed by atoms with Gasteiger partial charge in [0.05, 0.1) is 22.4 Å². The quantitative estimate of drug-likeness (QED) is 0.223. The van der Waals surface area contributed by atoms with E-state index < -0.39 is 5.60 Å². The smallest absolute Gasteiger partial charge is 0.410 e. The summed E-state index contributed by atoms with van der Waals surface area (Å²) in [5.41, 5.74) is 6.90. The van der Waals surface area contributed by atoms with Gasteiger partial charge in [0.15, 0.2) is 0 Å². The molecule has 4 aromatic rings. The van der Waals surface area contributed by atoms with Crippen LogP contribution < -0.4 is 15.1 Å². The number of nitrogens with zero attached hydrogens (tertiary/aromatic N) is 5. The van der Waals surface area contributed by atoms with Crippen molar-refractivity contribution in [2.75, 3.05) is 62.2 Å². The molecular weight excluding hydrogens is 691 g/mol. The summed E-state index contributed by atoms with van der Waals surface area (Å²) in [7, 11) is 0. The van der Waals surface area contributed by atoms with Gasteiger partial charge >= 0.3 is 6.09 Å². The molecule has 0 bridgehead atoms. The third-order valence-corrected chi connectivity index (χ3v) is 8.92. The van der Waals surface area contributed by atoms with E-state index in [0.29, 0.717) is 18.4 Å². The van der Waals surface area contributed by atoms with Gasteiger partial charge in [-0.3, -0.25) is 9.97 Å². The Morgan fingerprint density at radius 1 is 0.700 bits per heavy atom. The molecule has 0 radical (unpaired) electrons. The maximum Gasteiger partial charge on any atom is 0.410 e. The highest BCUT2D eigenvalue weighted by atomic mass is 35.5. The van der Waals surface area contributed by atoms with Crippen LogP contribution in [0.5, 0.6) is 0 Å². The molecule has 276 valence electrons. The second-order valence-corrected chi connectivity index (χ2v) is 14.4. The number of amides is 1. The molecule has 2 saturated heterocycles. The van der Waals surface area contributed by atoms with E-state index in [0.717, 1.165) is 63.3 Å². The van der Waals surface area contributed by atoms with Crippen LogP contribution in [0.2, 0.25) is 0 Å². The van der Waals surface area contributed by atoms with E-state index in [4.69, 9.17) is 4.74 Å². The number of ether oxygens (including phenoxy) is 1. The monoisotopic (exact) mass is 746 g/mol. The van der Waals surface area contributed by atoms with Crippen molar-refractivity contribution in [3.8, 4) is 0 Å². The zero-order valence-corrected chi connectivity index (χ0v) is 33.2. The molecule has 0 aliphatic carbocycles. The van der Waals surface area contributed by atoms with E-state index in [-0.39, 0.29) is 43.3 Å². The van der Waals surface area contributed by atoms with Crippen LogP contribution in [0.1, 0.15) is 84.3 Å². The number of benzene rings is 2. The first kappa shape index (κ1) is 43.1. The highest BCUT2D eigenvalue weighted by Crippen LogP contribution is 2.32. The topological polar surface area (TPSA) is 73.8 Å². The molecule has 50 heavy (non-hydrogen) atoms. The van der Waals surface area contributed by atoms with Crippen LogP contribution in [0.3, 0.4) is 0 Å². The van der Waals surface area contributed by atoms with Crippen LogP contribution in [0, 0.1) is 0 Å². The summed E-state index contributed by atoms with van der Waals surface area (Å²) in [6.07, 6.45) is 5.64. The Morgan fingerprint density at radius 2 is 1.22 bits per heavy atom. The van der Waals surface area contributed by atoms with Crippen molar-refractivity contribution in [3.05, 3.63) is 72.1 Å². The Hall–Kier alpha value is -3.04. The molecule has 2 aliphatic rings. The fraction of sp³-hybridized carbons (Fsp3) is 0.513. The lowest BCUT2D eigenvalue weighted by molar-refractivity contribution is 0.0263. The molecule has 0 atom stereocenters. The fourth-order valence-corrected chi connectivity index (χ4v) is 6.29. The Labute approximate surface area is 318 Å². The zero-order valence-electron chi connectivity index (χ0n) is 30.8. The van der Waals surface area contributed by atoms with E-state index >= 15 is 0 Å². The van der Waals surface area contributed by atoms with Gasteiger partial charge in [0.2, 0.25) is 0 Å². The third kappa shape index (κ3) is 11.2. The minimum absolute atomic E-state index is 0. The van der Waals surface area contributed by atoms with Crippen molar-refractivity contribution < 1.29 is 9.53 Å². The van der Waals surface area contributed by atoms with Crippen LogP contribution in [0.25, 0.3) is 21.8 Å². The van der Waals surface area contributed by atoms with Gasteiger partial charge < -0.3 is 24.8 Å². The molecule has 2 aliphatic heterocycles. The highest BCUT2D eigenvalue weighted by Gasteiger charge is 2.25. The van der Waals surface area contributed by atoms with Crippen molar-refractivity contribution in [1.29, 1.82) is 0 Å². The molecule has 0 saturated carbocycles. The lowest BCUT2D eigenvalue weighted by atomic mass is 9.99. The van der Waals surface area contributed by atoms with Gasteiger partial charge in [-0.25, -0.2) is 4.79 Å². The van der Waals surface area contributed by atoms with E-state index in [1.807, 2.05) is 50.2 Å². The lowest BCUT2D eigenvalue weighted by Gasteiger charge is -2.27. The van der Waals surface area contributed by atoms with Gasteiger partial charge in [-0.05, 0) is 99.5 Å². The Kier molecular flexibility index (Phi) is 16.8. The molecule has 0 spiro atoms. The van der Waals surface area contributed by atoms with Gasteiger partial charge in [-0.2, -0.15) is 0 Å². The second-order valence-electron chi connectivity index (χ2n) is 14.4. The van der Waals surface area contributed by atoms with Crippen LogP contribution in [0.15, 0.2) is 60.9 Å². The summed E-state index contributed by atoms with van der Waals surface area (Å²) >= 11 is 0. The molecular formula is C39H57Cl3N6O2. The maximum atomic E-state index is 12.4. The van der Waals surface area contributed by atoms with Crippen LogP contribution in [-0.4, -0.2) is 78.9 Å². The number of hydrogen-bond acceptors (Lipinski definition) is 7. The van der Waals surface area contributed by atoms with Gasteiger partial charge in [0, 0.05) is 69.0 Å².